The number of para-hydroxylation sites is 1. The smallest absolute Gasteiger partial charge is 0.143 e. The van der Waals surface area contributed by atoms with Crippen LogP contribution in [-0.4, -0.2) is 30.1 Å². The minimum absolute atomic E-state index is 0.288. The topological polar surface area (TPSA) is 32.7 Å². The molecule has 0 saturated carbocycles. The lowest BCUT2D eigenvalue weighted by Gasteiger charge is -2.42. The zero-order valence-electron chi connectivity index (χ0n) is 12.1. The number of hydrogen-bond acceptors (Lipinski definition) is 3. The summed E-state index contributed by atoms with van der Waals surface area (Å²) in [5, 5.41) is 9.56. The molecule has 0 unspecified atom stereocenters. The average Bonchev–Trinajstić information content (AvgIpc) is 2.83. The fraction of sp³-hybridized carbons (Fsp3) is 0.333. The molecule has 0 spiro atoms. The van der Waals surface area contributed by atoms with Crippen molar-refractivity contribution in [2.24, 2.45) is 0 Å². The molecule has 2 aliphatic rings. The first-order chi connectivity index (χ1) is 10.2. The van der Waals surface area contributed by atoms with Crippen molar-refractivity contribution in [1.82, 2.24) is 4.90 Å². The zero-order chi connectivity index (χ0) is 14.4. The van der Waals surface area contributed by atoms with E-state index in [2.05, 4.69) is 30.1 Å². The number of fused-ring (bicyclic) bond motifs is 3. The largest absolute Gasteiger partial charge is 0.508 e. The lowest BCUT2D eigenvalue weighted by atomic mass is 9.74. The van der Waals surface area contributed by atoms with E-state index in [4.69, 9.17) is 4.74 Å². The predicted molar refractivity (Wildman–Crippen MR) is 81.7 cm³/mol. The highest BCUT2D eigenvalue weighted by Crippen LogP contribution is 2.54. The number of nitrogens with zero attached hydrogens (tertiary/aromatic N) is 1. The van der Waals surface area contributed by atoms with E-state index in [0.29, 0.717) is 11.7 Å². The summed E-state index contributed by atoms with van der Waals surface area (Å²) in [7, 11) is 2.17. The first-order valence-electron chi connectivity index (χ1n) is 7.45. The molecular weight excluding hydrogens is 262 g/mol. The third-order valence-electron chi connectivity index (χ3n) is 4.86. The quantitative estimate of drug-likeness (QED) is 0.872. The van der Waals surface area contributed by atoms with Crippen molar-refractivity contribution < 1.29 is 9.84 Å². The Hall–Kier alpha value is -2.00. The van der Waals surface area contributed by atoms with Crippen LogP contribution >= 0.6 is 0 Å². The molecule has 108 valence electrons. The molecule has 2 heterocycles. The number of likely N-dealkylation sites (tertiary alicyclic amines) is 1. The normalized spacial score (nSPS) is 27.8. The van der Waals surface area contributed by atoms with Crippen LogP contribution in [0.2, 0.25) is 0 Å². The van der Waals surface area contributed by atoms with Gasteiger partial charge in [0, 0.05) is 31.0 Å². The van der Waals surface area contributed by atoms with Crippen molar-refractivity contribution >= 4 is 0 Å². The lowest BCUT2D eigenvalue weighted by Crippen LogP contribution is -2.47. The van der Waals surface area contributed by atoms with Gasteiger partial charge in [-0.15, -0.1) is 0 Å². The van der Waals surface area contributed by atoms with Gasteiger partial charge >= 0.3 is 0 Å². The van der Waals surface area contributed by atoms with Crippen LogP contribution in [0.3, 0.4) is 0 Å². The summed E-state index contributed by atoms with van der Waals surface area (Å²) in [6.45, 7) is 2.02. The lowest BCUT2D eigenvalue weighted by molar-refractivity contribution is 0.00700. The van der Waals surface area contributed by atoms with E-state index in [-0.39, 0.29) is 5.60 Å². The highest BCUT2D eigenvalue weighted by Gasteiger charge is 2.51. The van der Waals surface area contributed by atoms with Crippen molar-refractivity contribution in [2.75, 3.05) is 20.1 Å². The second kappa shape index (κ2) is 4.50. The number of likely N-dealkylation sites (N-methyl/N-ethyl adjacent to an activating group) is 1. The Morgan fingerprint density at radius 1 is 1.14 bits per heavy atom. The van der Waals surface area contributed by atoms with Crippen LogP contribution in [0.25, 0.3) is 0 Å². The SMILES string of the molecule is CN1CC[C@@]2(c3ccc(O)cc3)Oc3ccccc3[C@H]2C1. The molecule has 0 aromatic heterocycles. The Labute approximate surface area is 124 Å². The molecule has 2 aromatic rings. The molecule has 0 amide bonds. The van der Waals surface area contributed by atoms with Gasteiger partial charge in [-0.1, -0.05) is 30.3 Å². The van der Waals surface area contributed by atoms with Gasteiger partial charge in [0.25, 0.3) is 0 Å². The summed E-state index contributed by atoms with van der Waals surface area (Å²) in [5.74, 6) is 1.65. The fourth-order valence-corrected chi connectivity index (χ4v) is 3.76. The summed E-state index contributed by atoms with van der Waals surface area (Å²) >= 11 is 0. The molecule has 4 rings (SSSR count). The molecule has 1 N–H and O–H groups in total. The van der Waals surface area contributed by atoms with Crippen LogP contribution in [-0.2, 0) is 5.60 Å². The second-order valence-electron chi connectivity index (χ2n) is 6.14. The zero-order valence-corrected chi connectivity index (χ0v) is 12.1. The van der Waals surface area contributed by atoms with E-state index >= 15 is 0 Å². The maximum Gasteiger partial charge on any atom is 0.143 e. The van der Waals surface area contributed by atoms with Crippen LogP contribution in [0.1, 0.15) is 23.5 Å². The number of rotatable bonds is 1. The Kier molecular flexibility index (Phi) is 2.73. The number of hydrogen-bond donors (Lipinski definition) is 1. The minimum atomic E-state index is -0.288. The summed E-state index contributed by atoms with van der Waals surface area (Å²) < 4.78 is 6.46. The Morgan fingerprint density at radius 2 is 1.90 bits per heavy atom. The molecular formula is C18H19NO2. The van der Waals surface area contributed by atoms with Gasteiger partial charge in [0.2, 0.25) is 0 Å². The van der Waals surface area contributed by atoms with E-state index in [9.17, 15) is 5.11 Å². The van der Waals surface area contributed by atoms with E-state index < -0.39 is 0 Å². The standard InChI is InChI=1S/C18H19NO2/c1-19-11-10-18(13-6-8-14(20)9-7-13)16(12-19)15-4-2-3-5-17(15)21-18/h2-9,16,20H,10-12H2,1H3/t16-,18+/m1/s1. The number of phenolic OH excluding ortho intramolecular Hbond substituents is 1. The first-order valence-corrected chi connectivity index (χ1v) is 7.45. The Balaban J connectivity index is 1.84. The van der Waals surface area contributed by atoms with E-state index in [1.807, 2.05) is 18.2 Å². The molecule has 3 heteroatoms. The molecule has 21 heavy (non-hydrogen) atoms. The molecule has 2 atom stereocenters. The molecule has 2 aromatic carbocycles. The van der Waals surface area contributed by atoms with Crippen molar-refractivity contribution in [3.05, 3.63) is 59.7 Å². The van der Waals surface area contributed by atoms with Crippen LogP contribution in [0.15, 0.2) is 48.5 Å². The maximum atomic E-state index is 9.56. The number of benzene rings is 2. The highest BCUT2D eigenvalue weighted by molar-refractivity contribution is 5.48. The highest BCUT2D eigenvalue weighted by atomic mass is 16.5. The molecule has 1 saturated heterocycles. The molecule has 0 radical (unpaired) electrons. The molecule has 3 nitrogen and oxygen atoms in total. The number of ether oxygens (including phenoxy) is 1. The minimum Gasteiger partial charge on any atom is -0.508 e. The van der Waals surface area contributed by atoms with Gasteiger partial charge in [0.1, 0.15) is 17.1 Å². The average molecular weight is 281 g/mol. The number of aromatic hydroxyl groups is 1. The predicted octanol–water partition coefficient (Wildman–Crippen LogP) is 3.10. The summed E-state index contributed by atoms with van der Waals surface area (Å²) in [6, 6.07) is 15.9. The van der Waals surface area contributed by atoms with Gasteiger partial charge in [0.15, 0.2) is 0 Å². The van der Waals surface area contributed by atoms with Crippen LogP contribution in [0.4, 0.5) is 0 Å². The summed E-state index contributed by atoms with van der Waals surface area (Å²) in [4.78, 5) is 2.37. The van der Waals surface area contributed by atoms with Gasteiger partial charge in [-0.2, -0.15) is 0 Å². The van der Waals surface area contributed by atoms with Crippen LogP contribution < -0.4 is 4.74 Å². The van der Waals surface area contributed by atoms with E-state index in [1.165, 1.54) is 5.56 Å². The molecule has 2 aliphatic heterocycles. The fourth-order valence-electron chi connectivity index (χ4n) is 3.76. The molecule has 0 aliphatic carbocycles. The van der Waals surface area contributed by atoms with Crippen LogP contribution in [0.5, 0.6) is 11.5 Å². The van der Waals surface area contributed by atoms with Gasteiger partial charge in [-0.25, -0.2) is 0 Å². The Morgan fingerprint density at radius 3 is 2.71 bits per heavy atom. The van der Waals surface area contributed by atoms with Gasteiger partial charge in [-0.3, -0.25) is 0 Å². The second-order valence-corrected chi connectivity index (χ2v) is 6.14. The van der Waals surface area contributed by atoms with Gasteiger partial charge in [-0.05, 0) is 30.8 Å². The van der Waals surface area contributed by atoms with Crippen molar-refractivity contribution in [3.8, 4) is 11.5 Å². The van der Waals surface area contributed by atoms with Crippen LogP contribution in [0, 0.1) is 0 Å². The maximum absolute atomic E-state index is 9.56. The third kappa shape index (κ3) is 1.84. The van der Waals surface area contributed by atoms with Gasteiger partial charge < -0.3 is 14.7 Å². The van der Waals surface area contributed by atoms with E-state index in [0.717, 1.165) is 30.8 Å². The van der Waals surface area contributed by atoms with Crippen molar-refractivity contribution in [2.45, 2.75) is 17.9 Å². The van der Waals surface area contributed by atoms with Gasteiger partial charge in [0.05, 0.1) is 0 Å². The number of piperidine rings is 1. The molecule has 1 fully saturated rings. The van der Waals surface area contributed by atoms with E-state index in [1.54, 1.807) is 12.1 Å². The summed E-state index contributed by atoms with van der Waals surface area (Å²) in [5.41, 5.74) is 2.18. The van der Waals surface area contributed by atoms with Crippen molar-refractivity contribution in [3.63, 3.8) is 0 Å². The number of phenols is 1. The monoisotopic (exact) mass is 281 g/mol. The first kappa shape index (κ1) is 12.7. The third-order valence-corrected chi connectivity index (χ3v) is 4.86. The molecule has 0 bridgehead atoms. The van der Waals surface area contributed by atoms with Crippen molar-refractivity contribution in [1.29, 1.82) is 0 Å². The Bertz CT molecular complexity index is 667. The summed E-state index contributed by atoms with van der Waals surface area (Å²) in [6.07, 6.45) is 0.966.